The molecule has 4 nitrogen and oxygen atoms in total. The summed E-state index contributed by atoms with van der Waals surface area (Å²) in [4.78, 5) is 21.1. The molecule has 0 spiro atoms. The van der Waals surface area contributed by atoms with Gasteiger partial charge in [-0.15, -0.1) is 11.3 Å². The predicted octanol–water partition coefficient (Wildman–Crippen LogP) is 3.19. The van der Waals surface area contributed by atoms with Gasteiger partial charge in [0.05, 0.1) is 0 Å². The predicted molar refractivity (Wildman–Crippen MR) is 93.8 cm³/mol. The van der Waals surface area contributed by atoms with Crippen LogP contribution in [0.15, 0.2) is 48.7 Å². The number of thiophene rings is 1. The molecule has 3 aromatic rings. The second-order valence-electron chi connectivity index (χ2n) is 5.90. The van der Waals surface area contributed by atoms with Crippen molar-refractivity contribution < 1.29 is 4.79 Å². The summed E-state index contributed by atoms with van der Waals surface area (Å²) < 4.78 is 1.35. The van der Waals surface area contributed by atoms with E-state index in [1.807, 2.05) is 28.4 Å². The third-order valence-electron chi connectivity index (χ3n) is 4.34. The lowest BCUT2D eigenvalue weighted by atomic mass is 10.2. The number of hydrogen-bond acceptors (Lipinski definition) is 3. The molecule has 118 valence electrons. The number of nitrogens with one attached hydrogen (secondary N) is 1. The molecule has 0 atom stereocenters. The quantitative estimate of drug-likeness (QED) is 0.803. The van der Waals surface area contributed by atoms with E-state index in [0.29, 0.717) is 5.69 Å². The van der Waals surface area contributed by atoms with Crippen molar-refractivity contribution in [2.24, 2.45) is 0 Å². The molecule has 1 saturated heterocycles. The first-order chi connectivity index (χ1) is 11.3. The smallest absolute Gasteiger partial charge is 0.270 e. The number of piperazine rings is 1. The van der Waals surface area contributed by atoms with E-state index in [4.69, 9.17) is 0 Å². The van der Waals surface area contributed by atoms with Gasteiger partial charge in [0.15, 0.2) is 0 Å². The van der Waals surface area contributed by atoms with Crippen molar-refractivity contribution in [3.8, 4) is 0 Å². The van der Waals surface area contributed by atoms with Gasteiger partial charge in [-0.2, -0.15) is 0 Å². The van der Waals surface area contributed by atoms with Crippen molar-refractivity contribution in [2.45, 2.75) is 6.54 Å². The van der Waals surface area contributed by atoms with Crippen LogP contribution >= 0.6 is 11.3 Å². The third-order valence-corrected chi connectivity index (χ3v) is 5.44. The van der Waals surface area contributed by atoms with Gasteiger partial charge in [-0.1, -0.05) is 18.2 Å². The van der Waals surface area contributed by atoms with Crippen LogP contribution in [0.25, 0.3) is 10.1 Å². The largest absolute Gasteiger partial charge is 0.357 e. The van der Waals surface area contributed by atoms with Crippen LogP contribution in [0.4, 0.5) is 0 Å². The zero-order valence-corrected chi connectivity index (χ0v) is 13.7. The van der Waals surface area contributed by atoms with Crippen LogP contribution in [0.1, 0.15) is 15.4 Å². The molecule has 0 radical (unpaired) electrons. The van der Waals surface area contributed by atoms with Crippen molar-refractivity contribution in [1.82, 2.24) is 14.8 Å². The van der Waals surface area contributed by atoms with Crippen LogP contribution < -0.4 is 0 Å². The zero-order valence-electron chi connectivity index (χ0n) is 12.9. The monoisotopic (exact) mass is 325 g/mol. The molecule has 0 aliphatic carbocycles. The van der Waals surface area contributed by atoms with Crippen molar-refractivity contribution in [2.75, 3.05) is 26.2 Å². The molecule has 1 aliphatic heterocycles. The van der Waals surface area contributed by atoms with Gasteiger partial charge in [-0.3, -0.25) is 9.69 Å². The Labute approximate surface area is 139 Å². The molecule has 0 saturated carbocycles. The molecule has 5 heteroatoms. The first kappa shape index (κ1) is 14.5. The van der Waals surface area contributed by atoms with Gasteiger partial charge in [-0.05, 0) is 29.7 Å². The van der Waals surface area contributed by atoms with Gasteiger partial charge in [0.1, 0.15) is 5.69 Å². The number of H-pyrrole nitrogens is 1. The minimum Gasteiger partial charge on any atom is -0.357 e. The minimum absolute atomic E-state index is 0.108. The molecule has 1 aromatic carbocycles. The highest BCUT2D eigenvalue weighted by atomic mass is 32.1. The molecule has 2 aromatic heterocycles. The molecule has 1 fully saturated rings. The van der Waals surface area contributed by atoms with Gasteiger partial charge >= 0.3 is 0 Å². The first-order valence-corrected chi connectivity index (χ1v) is 8.74. The molecule has 0 unspecified atom stereocenters. The summed E-state index contributed by atoms with van der Waals surface area (Å²) in [7, 11) is 0. The summed E-state index contributed by atoms with van der Waals surface area (Å²) >= 11 is 1.87. The number of hydrogen-bond donors (Lipinski definition) is 1. The van der Waals surface area contributed by atoms with E-state index in [-0.39, 0.29) is 5.91 Å². The van der Waals surface area contributed by atoms with E-state index in [1.54, 1.807) is 6.20 Å². The molecule has 1 N–H and O–H groups in total. The number of aromatic nitrogens is 1. The number of aromatic amines is 1. The average Bonchev–Trinajstić information content (AvgIpc) is 3.24. The normalized spacial score (nSPS) is 16.1. The fourth-order valence-electron chi connectivity index (χ4n) is 3.08. The van der Waals surface area contributed by atoms with Gasteiger partial charge < -0.3 is 9.88 Å². The van der Waals surface area contributed by atoms with Crippen LogP contribution in [-0.2, 0) is 6.54 Å². The molecule has 0 bridgehead atoms. The molecular formula is C18H19N3OS. The van der Waals surface area contributed by atoms with Crippen LogP contribution in [0.5, 0.6) is 0 Å². The number of rotatable bonds is 3. The lowest BCUT2D eigenvalue weighted by Crippen LogP contribution is -2.48. The fraction of sp³-hybridized carbons (Fsp3) is 0.278. The highest BCUT2D eigenvalue weighted by Crippen LogP contribution is 2.26. The minimum atomic E-state index is 0.108. The lowest BCUT2D eigenvalue weighted by molar-refractivity contribution is 0.0624. The van der Waals surface area contributed by atoms with Crippen molar-refractivity contribution >= 4 is 27.3 Å². The van der Waals surface area contributed by atoms with E-state index in [0.717, 1.165) is 32.7 Å². The SMILES string of the molecule is O=C(c1ccc[nH]1)N1CCN(Cc2cc3ccccc3s2)CC1. The maximum atomic E-state index is 12.3. The van der Waals surface area contributed by atoms with Gasteiger partial charge in [-0.25, -0.2) is 0 Å². The second kappa shape index (κ2) is 6.18. The summed E-state index contributed by atoms with van der Waals surface area (Å²) in [6.45, 7) is 4.43. The van der Waals surface area contributed by atoms with E-state index in [9.17, 15) is 4.79 Å². The van der Waals surface area contributed by atoms with Crippen molar-refractivity contribution in [3.63, 3.8) is 0 Å². The lowest BCUT2D eigenvalue weighted by Gasteiger charge is -2.34. The highest BCUT2D eigenvalue weighted by molar-refractivity contribution is 7.19. The summed E-state index contributed by atoms with van der Waals surface area (Å²) in [5.41, 5.74) is 0.683. The highest BCUT2D eigenvalue weighted by Gasteiger charge is 2.22. The molecule has 23 heavy (non-hydrogen) atoms. The topological polar surface area (TPSA) is 39.3 Å². The van der Waals surface area contributed by atoms with Crippen LogP contribution in [-0.4, -0.2) is 46.9 Å². The van der Waals surface area contributed by atoms with Crippen LogP contribution in [0.3, 0.4) is 0 Å². The van der Waals surface area contributed by atoms with E-state index in [1.165, 1.54) is 15.0 Å². The Morgan fingerprint density at radius 1 is 1.09 bits per heavy atom. The molecule has 1 amide bonds. The third kappa shape index (κ3) is 3.02. The summed E-state index contributed by atoms with van der Waals surface area (Å²) in [5, 5.41) is 1.33. The van der Waals surface area contributed by atoms with E-state index in [2.05, 4.69) is 40.2 Å². The Balaban J connectivity index is 1.37. The van der Waals surface area contributed by atoms with E-state index < -0.39 is 0 Å². The van der Waals surface area contributed by atoms with Gasteiger partial charge in [0.25, 0.3) is 5.91 Å². The van der Waals surface area contributed by atoms with Crippen LogP contribution in [0, 0.1) is 0 Å². The maximum Gasteiger partial charge on any atom is 0.270 e. The number of carbonyl (C=O) groups excluding carboxylic acids is 1. The molecule has 1 aliphatic rings. The number of fused-ring (bicyclic) bond motifs is 1. The van der Waals surface area contributed by atoms with E-state index >= 15 is 0 Å². The molecule has 3 heterocycles. The zero-order chi connectivity index (χ0) is 15.6. The van der Waals surface area contributed by atoms with Crippen molar-refractivity contribution in [3.05, 3.63) is 59.2 Å². The first-order valence-electron chi connectivity index (χ1n) is 7.92. The maximum absolute atomic E-state index is 12.3. The number of carbonyl (C=O) groups is 1. The van der Waals surface area contributed by atoms with Crippen molar-refractivity contribution in [1.29, 1.82) is 0 Å². The fourth-order valence-corrected chi connectivity index (χ4v) is 4.18. The summed E-state index contributed by atoms with van der Waals surface area (Å²) in [5.74, 6) is 0.108. The van der Waals surface area contributed by atoms with Crippen LogP contribution in [0.2, 0.25) is 0 Å². The Bertz CT molecular complexity index is 768. The average molecular weight is 325 g/mol. The Morgan fingerprint density at radius 3 is 2.65 bits per heavy atom. The number of amides is 1. The van der Waals surface area contributed by atoms with Gasteiger partial charge in [0, 0.05) is 48.5 Å². The Kier molecular flexibility index (Phi) is 3.89. The molecule has 4 rings (SSSR count). The Hall–Kier alpha value is -2.11. The summed E-state index contributed by atoms with van der Waals surface area (Å²) in [6, 6.07) is 14.5. The second-order valence-corrected chi connectivity index (χ2v) is 7.07. The van der Waals surface area contributed by atoms with Gasteiger partial charge in [0.2, 0.25) is 0 Å². The standard InChI is InChI=1S/C18H19N3OS/c22-18(16-5-3-7-19-16)21-10-8-20(9-11-21)13-15-12-14-4-1-2-6-17(14)23-15/h1-7,12,19H,8-11,13H2. The molecular weight excluding hydrogens is 306 g/mol. The Morgan fingerprint density at radius 2 is 1.91 bits per heavy atom. The summed E-state index contributed by atoms with van der Waals surface area (Å²) in [6.07, 6.45) is 1.80. The number of benzene rings is 1. The number of nitrogens with zero attached hydrogens (tertiary/aromatic N) is 2.